The van der Waals surface area contributed by atoms with Gasteiger partial charge in [-0.15, -0.1) is 0 Å². The van der Waals surface area contributed by atoms with Gasteiger partial charge < -0.3 is 5.11 Å². The van der Waals surface area contributed by atoms with Crippen molar-refractivity contribution >= 4 is 0 Å². The van der Waals surface area contributed by atoms with Crippen LogP contribution in [0, 0.1) is 17.8 Å². The van der Waals surface area contributed by atoms with Crippen LogP contribution >= 0.6 is 0 Å². The molecule has 0 amide bonds. The van der Waals surface area contributed by atoms with Crippen molar-refractivity contribution in [2.45, 2.75) is 65.4 Å². The van der Waals surface area contributed by atoms with E-state index >= 15 is 0 Å². The van der Waals surface area contributed by atoms with Gasteiger partial charge in [-0.05, 0) is 43.9 Å². The molecule has 0 heterocycles. The summed E-state index contributed by atoms with van der Waals surface area (Å²) in [5, 5.41) is 10.1. The van der Waals surface area contributed by atoms with Crippen molar-refractivity contribution < 1.29 is 5.11 Å². The predicted octanol–water partition coefficient (Wildman–Crippen LogP) is 3.61. The second-order valence-corrected chi connectivity index (χ2v) is 5.74. The van der Waals surface area contributed by atoms with Gasteiger partial charge in [-0.3, -0.25) is 0 Å². The quantitative estimate of drug-likeness (QED) is 0.731. The molecule has 1 heteroatoms. The second kappa shape index (κ2) is 4.65. The first kappa shape index (κ1) is 12.0. The molecule has 14 heavy (non-hydrogen) atoms. The minimum atomic E-state index is -0.364. The smallest absolute Gasteiger partial charge is 0.0647 e. The fourth-order valence-corrected chi connectivity index (χ4v) is 2.47. The third-order valence-corrected chi connectivity index (χ3v) is 4.22. The maximum absolute atomic E-state index is 10.1. The van der Waals surface area contributed by atoms with Crippen LogP contribution in [0.1, 0.15) is 59.8 Å². The van der Waals surface area contributed by atoms with Gasteiger partial charge in [0.1, 0.15) is 0 Å². The molecule has 0 saturated heterocycles. The van der Waals surface area contributed by atoms with E-state index in [1.165, 1.54) is 25.7 Å². The van der Waals surface area contributed by atoms with Gasteiger partial charge in [0.2, 0.25) is 0 Å². The van der Waals surface area contributed by atoms with Crippen LogP contribution in [0.4, 0.5) is 0 Å². The van der Waals surface area contributed by atoms with E-state index < -0.39 is 0 Å². The Hall–Kier alpha value is -0.0400. The average molecular weight is 198 g/mol. The van der Waals surface area contributed by atoms with Crippen LogP contribution in [0.25, 0.3) is 0 Å². The Kier molecular flexibility index (Phi) is 4.00. The summed E-state index contributed by atoms with van der Waals surface area (Å²) in [6.07, 6.45) is 5.95. The standard InChI is InChI=1S/C13H26O/c1-10(2)11(3)7-8-12-6-5-9-13(12,4)14/h10-12,14H,5-9H2,1-4H3. The van der Waals surface area contributed by atoms with Gasteiger partial charge in [-0.25, -0.2) is 0 Å². The number of aliphatic hydroxyl groups is 1. The highest BCUT2D eigenvalue weighted by Gasteiger charge is 2.36. The lowest BCUT2D eigenvalue weighted by atomic mass is 9.84. The fraction of sp³-hybridized carbons (Fsp3) is 1.00. The molecular weight excluding hydrogens is 172 g/mol. The van der Waals surface area contributed by atoms with Crippen molar-refractivity contribution in [3.63, 3.8) is 0 Å². The highest BCUT2D eigenvalue weighted by molar-refractivity contribution is 4.88. The molecule has 1 saturated carbocycles. The van der Waals surface area contributed by atoms with E-state index in [0.29, 0.717) is 5.92 Å². The first-order chi connectivity index (χ1) is 6.43. The Morgan fingerprint density at radius 3 is 2.43 bits per heavy atom. The molecule has 0 aromatic rings. The molecule has 0 aromatic heterocycles. The van der Waals surface area contributed by atoms with Crippen molar-refractivity contribution in [2.24, 2.45) is 17.8 Å². The Morgan fingerprint density at radius 2 is 2.00 bits per heavy atom. The van der Waals surface area contributed by atoms with Crippen LogP contribution in [0.15, 0.2) is 0 Å². The monoisotopic (exact) mass is 198 g/mol. The average Bonchev–Trinajstić information content (AvgIpc) is 2.40. The van der Waals surface area contributed by atoms with Gasteiger partial charge in [0.15, 0.2) is 0 Å². The molecule has 0 bridgehead atoms. The lowest BCUT2D eigenvalue weighted by molar-refractivity contribution is 0.0151. The third kappa shape index (κ3) is 2.98. The van der Waals surface area contributed by atoms with E-state index in [0.717, 1.165) is 18.3 Å². The molecule has 1 fully saturated rings. The summed E-state index contributed by atoms with van der Waals surface area (Å²) in [4.78, 5) is 0. The molecule has 0 spiro atoms. The Bertz CT molecular complexity index is 172. The van der Waals surface area contributed by atoms with E-state index in [1.54, 1.807) is 0 Å². The van der Waals surface area contributed by atoms with E-state index in [9.17, 15) is 5.11 Å². The maximum Gasteiger partial charge on any atom is 0.0647 e. The molecule has 1 N–H and O–H groups in total. The molecular formula is C13H26O. The molecule has 84 valence electrons. The first-order valence-corrected chi connectivity index (χ1v) is 6.16. The first-order valence-electron chi connectivity index (χ1n) is 6.16. The summed E-state index contributed by atoms with van der Waals surface area (Å²) in [6.45, 7) is 8.92. The highest BCUT2D eigenvalue weighted by atomic mass is 16.3. The van der Waals surface area contributed by atoms with E-state index in [-0.39, 0.29) is 5.60 Å². The summed E-state index contributed by atoms with van der Waals surface area (Å²) in [7, 11) is 0. The summed E-state index contributed by atoms with van der Waals surface area (Å²) in [5.74, 6) is 2.14. The zero-order valence-electron chi connectivity index (χ0n) is 10.2. The van der Waals surface area contributed by atoms with Gasteiger partial charge in [0.25, 0.3) is 0 Å². The predicted molar refractivity (Wildman–Crippen MR) is 61.2 cm³/mol. The molecule has 1 aliphatic carbocycles. The number of hydrogen-bond acceptors (Lipinski definition) is 1. The van der Waals surface area contributed by atoms with Crippen molar-refractivity contribution in [3.05, 3.63) is 0 Å². The minimum Gasteiger partial charge on any atom is -0.390 e. The van der Waals surface area contributed by atoms with Crippen LogP contribution < -0.4 is 0 Å². The Labute approximate surface area is 88.9 Å². The van der Waals surface area contributed by atoms with E-state index in [4.69, 9.17) is 0 Å². The van der Waals surface area contributed by atoms with Crippen molar-refractivity contribution in [2.75, 3.05) is 0 Å². The van der Waals surface area contributed by atoms with Crippen molar-refractivity contribution in [3.8, 4) is 0 Å². The highest BCUT2D eigenvalue weighted by Crippen LogP contribution is 2.39. The van der Waals surface area contributed by atoms with Crippen LogP contribution in [-0.2, 0) is 0 Å². The summed E-state index contributed by atoms with van der Waals surface area (Å²) in [5.41, 5.74) is -0.364. The maximum atomic E-state index is 10.1. The van der Waals surface area contributed by atoms with Crippen LogP contribution in [0.3, 0.4) is 0 Å². The third-order valence-electron chi connectivity index (χ3n) is 4.22. The molecule has 0 radical (unpaired) electrons. The van der Waals surface area contributed by atoms with Crippen molar-refractivity contribution in [1.82, 2.24) is 0 Å². The fourth-order valence-electron chi connectivity index (χ4n) is 2.47. The van der Waals surface area contributed by atoms with Gasteiger partial charge >= 0.3 is 0 Å². The lowest BCUT2D eigenvalue weighted by Crippen LogP contribution is -2.29. The Morgan fingerprint density at radius 1 is 1.36 bits per heavy atom. The van der Waals surface area contributed by atoms with Crippen LogP contribution in [-0.4, -0.2) is 10.7 Å². The molecule has 1 rings (SSSR count). The topological polar surface area (TPSA) is 20.2 Å². The second-order valence-electron chi connectivity index (χ2n) is 5.74. The molecule has 1 aliphatic rings. The molecule has 0 aromatic carbocycles. The Balaban J connectivity index is 2.31. The zero-order valence-corrected chi connectivity index (χ0v) is 10.2. The van der Waals surface area contributed by atoms with Crippen molar-refractivity contribution in [1.29, 1.82) is 0 Å². The lowest BCUT2D eigenvalue weighted by Gasteiger charge is -2.27. The molecule has 3 atom stereocenters. The van der Waals surface area contributed by atoms with Gasteiger partial charge in [-0.1, -0.05) is 33.6 Å². The van der Waals surface area contributed by atoms with E-state index in [2.05, 4.69) is 20.8 Å². The zero-order chi connectivity index (χ0) is 10.8. The summed E-state index contributed by atoms with van der Waals surface area (Å²) >= 11 is 0. The molecule has 0 aliphatic heterocycles. The molecule has 1 nitrogen and oxygen atoms in total. The normalized spacial score (nSPS) is 35.1. The summed E-state index contributed by atoms with van der Waals surface area (Å²) < 4.78 is 0. The minimum absolute atomic E-state index is 0.364. The number of hydrogen-bond donors (Lipinski definition) is 1. The van der Waals surface area contributed by atoms with E-state index in [1.807, 2.05) is 6.92 Å². The van der Waals surface area contributed by atoms with Crippen LogP contribution in [0.2, 0.25) is 0 Å². The largest absolute Gasteiger partial charge is 0.390 e. The molecule has 3 unspecified atom stereocenters. The summed E-state index contributed by atoms with van der Waals surface area (Å²) in [6, 6.07) is 0. The number of rotatable bonds is 4. The SMILES string of the molecule is CC(C)C(C)CCC1CCCC1(C)O. The van der Waals surface area contributed by atoms with Gasteiger partial charge in [-0.2, -0.15) is 0 Å². The van der Waals surface area contributed by atoms with Gasteiger partial charge in [0, 0.05) is 0 Å². The van der Waals surface area contributed by atoms with Crippen LogP contribution in [0.5, 0.6) is 0 Å². The van der Waals surface area contributed by atoms with Gasteiger partial charge in [0.05, 0.1) is 5.60 Å².